The molecule has 0 spiro atoms. The Hall–Kier alpha value is -1.04. The highest BCUT2D eigenvalue weighted by Crippen LogP contribution is 2.36. The van der Waals surface area contributed by atoms with Gasteiger partial charge in [0.25, 0.3) is 14.3 Å². The van der Waals surface area contributed by atoms with Crippen LogP contribution in [0.15, 0.2) is 0 Å². The lowest BCUT2D eigenvalue weighted by Gasteiger charge is -2.35. The molecule has 0 atom stereocenters. The van der Waals surface area contributed by atoms with E-state index in [9.17, 15) is 9.59 Å². The lowest BCUT2D eigenvalue weighted by Crippen LogP contribution is -2.43. The van der Waals surface area contributed by atoms with Crippen molar-refractivity contribution in [2.75, 3.05) is 13.2 Å². The molecule has 1 amide bonds. The molecule has 5 nitrogen and oxygen atoms in total. The number of ether oxygens (including phenoxy) is 1. The van der Waals surface area contributed by atoms with E-state index in [0.29, 0.717) is 12.5 Å². The third kappa shape index (κ3) is 7.52. The monoisotopic (exact) mass is 303 g/mol. The number of hydrogen-bond acceptors (Lipinski definition) is 4. The van der Waals surface area contributed by atoms with Crippen molar-refractivity contribution in [1.29, 1.82) is 0 Å². The van der Waals surface area contributed by atoms with E-state index in [2.05, 4.69) is 26.1 Å². The predicted octanol–water partition coefficient (Wildman–Crippen LogP) is 3.31. The third-order valence-electron chi connectivity index (χ3n) is 3.32. The summed E-state index contributed by atoms with van der Waals surface area (Å²) < 4.78 is 10.5. The molecule has 0 aromatic heterocycles. The largest absolute Gasteiger partial charge is 0.519 e. The van der Waals surface area contributed by atoms with E-state index in [1.54, 1.807) is 0 Å². The van der Waals surface area contributed by atoms with E-state index in [1.807, 2.05) is 26.9 Å². The van der Waals surface area contributed by atoms with Crippen molar-refractivity contribution in [2.45, 2.75) is 59.2 Å². The Balaban J connectivity index is 3.98. The summed E-state index contributed by atoms with van der Waals surface area (Å²) in [6.45, 7) is 14.8. The van der Waals surface area contributed by atoms with Gasteiger partial charge in [-0.1, -0.05) is 34.6 Å². The van der Waals surface area contributed by atoms with Gasteiger partial charge in [-0.2, -0.15) is 0 Å². The van der Waals surface area contributed by atoms with Crippen LogP contribution >= 0.6 is 0 Å². The molecule has 6 heteroatoms. The van der Waals surface area contributed by atoms with E-state index in [4.69, 9.17) is 9.16 Å². The minimum absolute atomic E-state index is 0.00766. The second-order valence-corrected chi connectivity index (χ2v) is 11.6. The second-order valence-electron chi connectivity index (χ2n) is 6.90. The number of nitrogens with one attached hydrogen (secondary N) is 1. The first kappa shape index (κ1) is 19.0. The quantitative estimate of drug-likeness (QED) is 0.765. The van der Waals surface area contributed by atoms with Gasteiger partial charge in [0.05, 0.1) is 13.0 Å². The Morgan fingerprint density at radius 1 is 1.20 bits per heavy atom. The molecule has 0 bridgehead atoms. The van der Waals surface area contributed by atoms with E-state index in [0.717, 1.165) is 0 Å². The van der Waals surface area contributed by atoms with Gasteiger partial charge in [-0.25, -0.2) is 4.79 Å². The summed E-state index contributed by atoms with van der Waals surface area (Å²) in [6.07, 6.45) is -0.317. The molecule has 0 unspecified atom stereocenters. The van der Waals surface area contributed by atoms with E-state index in [1.165, 1.54) is 0 Å². The van der Waals surface area contributed by atoms with E-state index < -0.39 is 14.4 Å². The first-order valence-electron chi connectivity index (χ1n) is 7.08. The van der Waals surface area contributed by atoms with E-state index >= 15 is 0 Å². The van der Waals surface area contributed by atoms with Gasteiger partial charge in [0.1, 0.15) is 0 Å². The standard InChI is InChI=1S/C14H29NO4Si/c1-11(2)10-18-13(17)15-9-8-12(16)19-20(6,7)14(3,4)5/h11H,8-10H2,1-7H3,(H,15,17). The summed E-state index contributed by atoms with van der Waals surface area (Å²) in [5.41, 5.74) is 0. The molecule has 1 N–H and O–H groups in total. The Bertz CT molecular complexity index is 335. The fourth-order valence-electron chi connectivity index (χ4n) is 1.05. The molecule has 0 aromatic carbocycles. The van der Waals surface area contributed by atoms with Crippen LogP contribution in [-0.4, -0.2) is 33.5 Å². The van der Waals surface area contributed by atoms with Gasteiger partial charge < -0.3 is 14.5 Å². The number of carbonyl (C=O) groups is 2. The van der Waals surface area contributed by atoms with Gasteiger partial charge in [0.15, 0.2) is 0 Å². The fourth-order valence-corrected chi connectivity index (χ4v) is 2.03. The van der Waals surface area contributed by atoms with Crippen molar-refractivity contribution in [2.24, 2.45) is 5.92 Å². The first-order chi connectivity index (χ1) is 8.95. The van der Waals surface area contributed by atoms with E-state index in [-0.39, 0.29) is 24.0 Å². The van der Waals surface area contributed by atoms with Crippen LogP contribution < -0.4 is 5.32 Å². The molecule has 0 heterocycles. The zero-order chi connectivity index (χ0) is 16.0. The van der Waals surface area contributed by atoms with Gasteiger partial charge >= 0.3 is 6.09 Å². The van der Waals surface area contributed by atoms with Gasteiger partial charge in [-0.15, -0.1) is 0 Å². The van der Waals surface area contributed by atoms with Crippen LogP contribution in [0.2, 0.25) is 18.1 Å². The highest BCUT2D eigenvalue weighted by Gasteiger charge is 2.40. The molecular formula is C14H29NO4Si. The zero-order valence-electron chi connectivity index (χ0n) is 13.8. The molecule has 0 aliphatic carbocycles. The number of amides is 1. The maximum atomic E-state index is 11.8. The average molecular weight is 303 g/mol. The number of rotatable bonds is 6. The molecular weight excluding hydrogens is 274 g/mol. The summed E-state index contributed by atoms with van der Waals surface area (Å²) in [6, 6.07) is 0. The topological polar surface area (TPSA) is 64.6 Å². The molecule has 0 saturated heterocycles. The zero-order valence-corrected chi connectivity index (χ0v) is 14.8. The second kappa shape index (κ2) is 7.66. The van der Waals surface area contributed by atoms with Crippen LogP contribution in [0.5, 0.6) is 0 Å². The first-order valence-corrected chi connectivity index (χ1v) is 9.99. The van der Waals surface area contributed by atoms with Crippen molar-refractivity contribution >= 4 is 20.4 Å². The lowest BCUT2D eigenvalue weighted by atomic mass is 10.2. The Morgan fingerprint density at radius 2 is 1.75 bits per heavy atom. The molecule has 0 radical (unpaired) electrons. The molecule has 0 aliphatic rings. The van der Waals surface area contributed by atoms with Crippen molar-refractivity contribution in [3.05, 3.63) is 0 Å². The predicted molar refractivity (Wildman–Crippen MR) is 82.1 cm³/mol. The summed E-state index contributed by atoms with van der Waals surface area (Å²) in [4.78, 5) is 23.1. The molecule has 0 fully saturated rings. The van der Waals surface area contributed by atoms with Crippen molar-refractivity contribution in [3.63, 3.8) is 0 Å². The lowest BCUT2D eigenvalue weighted by molar-refractivity contribution is -0.135. The van der Waals surface area contributed by atoms with Gasteiger partial charge in [0.2, 0.25) is 0 Å². The van der Waals surface area contributed by atoms with Crippen molar-refractivity contribution in [3.8, 4) is 0 Å². The van der Waals surface area contributed by atoms with Crippen LogP contribution in [0.1, 0.15) is 41.0 Å². The van der Waals surface area contributed by atoms with Crippen LogP contribution in [0.4, 0.5) is 4.79 Å². The van der Waals surface area contributed by atoms with Crippen molar-refractivity contribution < 1.29 is 18.8 Å². The average Bonchev–Trinajstić information content (AvgIpc) is 2.23. The minimum atomic E-state index is -2.07. The maximum absolute atomic E-state index is 11.8. The van der Waals surface area contributed by atoms with Gasteiger partial charge in [0, 0.05) is 6.54 Å². The van der Waals surface area contributed by atoms with Crippen LogP contribution in [-0.2, 0) is 14.0 Å². The van der Waals surface area contributed by atoms with Crippen LogP contribution in [0, 0.1) is 5.92 Å². The van der Waals surface area contributed by atoms with Gasteiger partial charge in [-0.05, 0) is 24.1 Å². The molecule has 0 aromatic rings. The summed E-state index contributed by atoms with van der Waals surface area (Å²) in [7, 11) is -2.07. The van der Waals surface area contributed by atoms with Gasteiger partial charge in [-0.3, -0.25) is 4.79 Å². The normalized spacial score (nSPS) is 12.2. The molecule has 118 valence electrons. The molecule has 20 heavy (non-hydrogen) atoms. The smallest absolute Gasteiger partial charge is 0.407 e. The Morgan fingerprint density at radius 3 is 2.20 bits per heavy atom. The molecule has 0 saturated carbocycles. The summed E-state index contributed by atoms with van der Waals surface area (Å²) in [5.74, 6) is 0.0325. The fraction of sp³-hybridized carbons (Fsp3) is 0.857. The highest BCUT2D eigenvalue weighted by molar-refractivity contribution is 6.75. The highest BCUT2D eigenvalue weighted by atomic mass is 28.4. The van der Waals surface area contributed by atoms with Crippen molar-refractivity contribution in [1.82, 2.24) is 5.32 Å². The number of hydrogen-bond donors (Lipinski definition) is 1. The number of carbonyl (C=O) groups excluding carboxylic acids is 2. The minimum Gasteiger partial charge on any atom is -0.519 e. The van der Waals surface area contributed by atoms with Crippen LogP contribution in [0.3, 0.4) is 0 Å². The third-order valence-corrected chi connectivity index (χ3v) is 7.67. The van der Waals surface area contributed by atoms with Crippen LogP contribution in [0.25, 0.3) is 0 Å². The SMILES string of the molecule is CC(C)COC(=O)NCCC(=O)O[Si](C)(C)C(C)(C)C. The Kier molecular flexibility index (Phi) is 7.26. The Labute approximate surface area is 123 Å². The maximum Gasteiger partial charge on any atom is 0.407 e. The molecule has 0 rings (SSSR count). The summed E-state index contributed by atoms with van der Waals surface area (Å²) in [5, 5.41) is 2.54. The summed E-state index contributed by atoms with van der Waals surface area (Å²) >= 11 is 0. The number of alkyl carbamates (subject to hydrolysis) is 1. The molecule has 0 aliphatic heterocycles.